The van der Waals surface area contributed by atoms with E-state index in [1.54, 1.807) is 18.2 Å². The van der Waals surface area contributed by atoms with Crippen LogP contribution in [0, 0.1) is 17.6 Å². The average molecular weight is 428 g/mol. The van der Waals surface area contributed by atoms with Gasteiger partial charge in [0, 0.05) is 30.4 Å². The van der Waals surface area contributed by atoms with Crippen LogP contribution < -0.4 is 10.1 Å². The van der Waals surface area contributed by atoms with Crippen LogP contribution >= 0.6 is 0 Å². The molecular formula is C24H26F2N2O3. The monoisotopic (exact) mass is 428 g/mol. The van der Waals surface area contributed by atoms with E-state index in [4.69, 9.17) is 4.74 Å². The summed E-state index contributed by atoms with van der Waals surface area (Å²) in [5.41, 5.74) is 0.535. The van der Waals surface area contributed by atoms with Crippen LogP contribution in [-0.4, -0.2) is 36.4 Å². The fourth-order valence-corrected chi connectivity index (χ4v) is 4.85. The maximum atomic E-state index is 13.9. The summed E-state index contributed by atoms with van der Waals surface area (Å²) < 4.78 is 32.4. The van der Waals surface area contributed by atoms with E-state index in [0.717, 1.165) is 37.9 Å². The number of fused-ring (bicyclic) bond motifs is 1. The predicted molar refractivity (Wildman–Crippen MR) is 113 cm³/mol. The van der Waals surface area contributed by atoms with Gasteiger partial charge in [-0.25, -0.2) is 8.78 Å². The first-order chi connectivity index (χ1) is 15.0. The number of hydrogen-bond donors (Lipinski definition) is 1. The highest BCUT2D eigenvalue weighted by Gasteiger charge is 2.36. The van der Waals surface area contributed by atoms with Gasteiger partial charge >= 0.3 is 0 Å². The van der Waals surface area contributed by atoms with Crippen LogP contribution in [0.5, 0.6) is 5.75 Å². The lowest BCUT2D eigenvalue weighted by Gasteiger charge is -2.44. The molecule has 0 spiro atoms. The Bertz CT molecular complexity index is 993. The Morgan fingerprint density at radius 1 is 1.00 bits per heavy atom. The number of methoxy groups -OCH3 is 1. The molecule has 2 amide bonds. The van der Waals surface area contributed by atoms with Gasteiger partial charge in [-0.2, -0.15) is 0 Å². The van der Waals surface area contributed by atoms with Gasteiger partial charge in [-0.15, -0.1) is 0 Å². The van der Waals surface area contributed by atoms with Crippen molar-refractivity contribution in [3.63, 3.8) is 0 Å². The molecule has 2 aliphatic rings. The Labute approximate surface area is 180 Å². The molecule has 2 aromatic rings. The largest absolute Gasteiger partial charge is 0.496 e. The number of nitrogens with one attached hydrogen (secondary N) is 1. The van der Waals surface area contributed by atoms with E-state index in [2.05, 4.69) is 5.32 Å². The zero-order valence-electron chi connectivity index (χ0n) is 17.5. The van der Waals surface area contributed by atoms with Crippen molar-refractivity contribution in [2.45, 2.75) is 44.6 Å². The molecule has 1 aliphatic heterocycles. The lowest BCUT2D eigenvalue weighted by atomic mass is 9.78. The van der Waals surface area contributed by atoms with E-state index in [1.165, 1.54) is 26.4 Å². The Hall–Kier alpha value is -2.96. The Kier molecular flexibility index (Phi) is 6.20. The topological polar surface area (TPSA) is 58.6 Å². The molecule has 0 aromatic heterocycles. The van der Waals surface area contributed by atoms with Crippen LogP contribution in [0.2, 0.25) is 0 Å². The first-order valence-corrected chi connectivity index (χ1v) is 10.7. The highest BCUT2D eigenvalue weighted by molar-refractivity contribution is 6.05. The minimum absolute atomic E-state index is 0.0593. The molecule has 0 radical (unpaired) electrons. The second-order valence-electron chi connectivity index (χ2n) is 8.25. The van der Waals surface area contributed by atoms with Crippen LogP contribution in [0.3, 0.4) is 0 Å². The molecule has 0 bridgehead atoms. The van der Waals surface area contributed by atoms with Crippen molar-refractivity contribution in [1.29, 1.82) is 0 Å². The number of likely N-dealkylation sites (tertiary alicyclic amines) is 1. The van der Waals surface area contributed by atoms with Crippen LogP contribution in [-0.2, 0) is 0 Å². The lowest BCUT2D eigenvalue weighted by Crippen LogP contribution is -2.49. The van der Waals surface area contributed by atoms with Crippen molar-refractivity contribution in [3.8, 4) is 5.75 Å². The summed E-state index contributed by atoms with van der Waals surface area (Å²) in [5, 5.41) is 2.58. The Morgan fingerprint density at radius 3 is 2.52 bits per heavy atom. The molecular weight excluding hydrogens is 402 g/mol. The zero-order valence-corrected chi connectivity index (χ0v) is 17.5. The third-order valence-electron chi connectivity index (χ3n) is 6.37. The van der Waals surface area contributed by atoms with E-state index in [-0.39, 0.29) is 17.5 Å². The van der Waals surface area contributed by atoms with Gasteiger partial charge in [0.15, 0.2) is 0 Å². The third-order valence-corrected chi connectivity index (χ3v) is 6.37. The fourth-order valence-electron chi connectivity index (χ4n) is 4.85. The quantitative estimate of drug-likeness (QED) is 0.744. The van der Waals surface area contributed by atoms with Gasteiger partial charge < -0.3 is 15.0 Å². The molecule has 164 valence electrons. The maximum Gasteiger partial charge on any atom is 0.258 e. The van der Waals surface area contributed by atoms with E-state index < -0.39 is 17.5 Å². The summed E-state index contributed by atoms with van der Waals surface area (Å²) in [6, 6.07) is 7.83. The number of halogens is 2. The highest BCUT2D eigenvalue weighted by atomic mass is 19.1. The minimum atomic E-state index is -0.941. The molecule has 1 aliphatic carbocycles. The van der Waals surface area contributed by atoms with Gasteiger partial charge in [-0.1, -0.05) is 12.8 Å². The SMILES string of the molecule is COc1cc(NC(=O)c2ccc(F)cc2F)ccc1C(=O)N1CCC[C@H]2CCCCC21. The van der Waals surface area contributed by atoms with Crippen LogP contribution in [0.4, 0.5) is 14.5 Å². The number of hydrogen-bond acceptors (Lipinski definition) is 3. The van der Waals surface area contributed by atoms with E-state index in [1.807, 2.05) is 4.90 Å². The normalized spacial score (nSPS) is 20.7. The summed E-state index contributed by atoms with van der Waals surface area (Å²) in [6.45, 7) is 0.742. The molecule has 1 heterocycles. The fraction of sp³-hybridized carbons (Fsp3) is 0.417. The number of anilines is 1. The molecule has 1 saturated carbocycles. The molecule has 7 heteroatoms. The number of amides is 2. The van der Waals surface area contributed by atoms with Crippen molar-refractivity contribution in [3.05, 3.63) is 59.2 Å². The van der Waals surface area contributed by atoms with Crippen LogP contribution in [0.15, 0.2) is 36.4 Å². The number of ether oxygens (including phenoxy) is 1. The molecule has 1 saturated heterocycles. The van der Waals surface area contributed by atoms with Crippen molar-refractivity contribution >= 4 is 17.5 Å². The van der Waals surface area contributed by atoms with E-state index in [9.17, 15) is 18.4 Å². The predicted octanol–water partition coefficient (Wildman–Crippen LogP) is 5.02. The molecule has 4 rings (SSSR count). The first kappa shape index (κ1) is 21.3. The van der Waals surface area contributed by atoms with Gasteiger partial charge in [0.25, 0.3) is 11.8 Å². The van der Waals surface area contributed by atoms with Gasteiger partial charge in [0.1, 0.15) is 17.4 Å². The maximum absolute atomic E-state index is 13.9. The summed E-state index contributed by atoms with van der Waals surface area (Å²) in [4.78, 5) is 27.7. The molecule has 5 nitrogen and oxygen atoms in total. The minimum Gasteiger partial charge on any atom is -0.496 e. The van der Waals surface area contributed by atoms with Crippen molar-refractivity contribution in [2.24, 2.45) is 5.92 Å². The highest BCUT2D eigenvalue weighted by Crippen LogP contribution is 2.37. The first-order valence-electron chi connectivity index (χ1n) is 10.7. The van der Waals surface area contributed by atoms with Crippen molar-refractivity contribution in [1.82, 2.24) is 4.90 Å². The molecule has 2 atom stereocenters. The van der Waals surface area contributed by atoms with Gasteiger partial charge in [-0.3, -0.25) is 9.59 Å². The van der Waals surface area contributed by atoms with Gasteiger partial charge in [0.2, 0.25) is 0 Å². The third kappa shape index (κ3) is 4.40. The van der Waals surface area contributed by atoms with Crippen LogP contribution in [0.1, 0.15) is 59.2 Å². The molecule has 2 fully saturated rings. The van der Waals surface area contributed by atoms with E-state index >= 15 is 0 Å². The summed E-state index contributed by atoms with van der Waals surface area (Å²) in [7, 11) is 1.47. The lowest BCUT2D eigenvalue weighted by molar-refractivity contribution is 0.0388. The summed E-state index contributed by atoms with van der Waals surface area (Å²) in [5.74, 6) is -1.54. The summed E-state index contributed by atoms with van der Waals surface area (Å²) >= 11 is 0. The van der Waals surface area contributed by atoms with Crippen molar-refractivity contribution in [2.75, 3.05) is 19.0 Å². The number of nitrogens with zero attached hydrogens (tertiary/aromatic N) is 1. The average Bonchev–Trinajstić information content (AvgIpc) is 2.78. The van der Waals surface area contributed by atoms with Crippen molar-refractivity contribution < 1.29 is 23.1 Å². The van der Waals surface area contributed by atoms with Crippen LogP contribution in [0.25, 0.3) is 0 Å². The molecule has 1 N–H and O–H groups in total. The number of carbonyl (C=O) groups excluding carboxylic acids is 2. The molecule has 2 aromatic carbocycles. The number of rotatable bonds is 4. The molecule has 31 heavy (non-hydrogen) atoms. The Morgan fingerprint density at radius 2 is 1.74 bits per heavy atom. The number of piperidine rings is 1. The number of benzene rings is 2. The smallest absolute Gasteiger partial charge is 0.258 e. The van der Waals surface area contributed by atoms with E-state index in [0.29, 0.717) is 29.0 Å². The zero-order chi connectivity index (χ0) is 22.0. The molecule has 1 unspecified atom stereocenters. The summed E-state index contributed by atoms with van der Waals surface area (Å²) in [6.07, 6.45) is 6.78. The number of carbonyl (C=O) groups is 2. The second kappa shape index (κ2) is 9.04. The second-order valence-corrected chi connectivity index (χ2v) is 8.25. The van der Waals surface area contributed by atoms with Gasteiger partial charge in [0.05, 0.1) is 18.2 Å². The Balaban J connectivity index is 1.54. The van der Waals surface area contributed by atoms with Gasteiger partial charge in [-0.05, 0) is 55.9 Å². The standard InChI is InChI=1S/C24H26F2N2O3/c1-31-22-14-17(27-23(29)18-10-8-16(25)13-20(18)26)9-11-19(22)24(30)28-12-4-6-15-5-2-3-7-21(15)28/h8-11,13-15,21H,2-7,12H2,1H3,(H,27,29)/t15-,21?/m1/s1.